The first-order valence-electron chi connectivity index (χ1n) is 6.34. The number of hydrogen-bond donors (Lipinski definition) is 2. The molecule has 100 valence electrons. The number of nitrogens with one attached hydrogen (secondary N) is 2. The van der Waals surface area contributed by atoms with Gasteiger partial charge in [-0.05, 0) is 30.7 Å². The molecule has 0 bridgehead atoms. The van der Waals surface area contributed by atoms with E-state index in [1.54, 1.807) is 12.1 Å². The van der Waals surface area contributed by atoms with Crippen molar-refractivity contribution in [3.05, 3.63) is 65.2 Å². The van der Waals surface area contributed by atoms with Crippen molar-refractivity contribution in [3.63, 3.8) is 0 Å². The van der Waals surface area contributed by atoms with Crippen LogP contribution in [0.4, 0.5) is 10.5 Å². The molecule has 0 aromatic heterocycles. The van der Waals surface area contributed by atoms with E-state index in [0.29, 0.717) is 12.2 Å². The zero-order chi connectivity index (χ0) is 14.4. The van der Waals surface area contributed by atoms with Crippen LogP contribution in [0.1, 0.15) is 16.7 Å². The molecule has 2 aromatic rings. The van der Waals surface area contributed by atoms with Crippen molar-refractivity contribution in [2.75, 3.05) is 5.32 Å². The second kappa shape index (κ2) is 6.44. The minimum absolute atomic E-state index is 0.250. The van der Waals surface area contributed by atoms with Gasteiger partial charge in [-0.15, -0.1) is 6.42 Å². The summed E-state index contributed by atoms with van der Waals surface area (Å²) in [5.41, 5.74) is 3.68. The van der Waals surface area contributed by atoms with Crippen LogP contribution in [0.15, 0.2) is 48.5 Å². The van der Waals surface area contributed by atoms with Gasteiger partial charge < -0.3 is 10.6 Å². The average molecular weight is 264 g/mol. The Morgan fingerprint density at radius 1 is 1.20 bits per heavy atom. The number of terminal acetylenes is 1. The molecular formula is C17H16N2O. The van der Waals surface area contributed by atoms with Crippen LogP contribution in [0.5, 0.6) is 0 Å². The van der Waals surface area contributed by atoms with Crippen LogP contribution >= 0.6 is 0 Å². The minimum Gasteiger partial charge on any atom is -0.334 e. The molecule has 0 saturated heterocycles. The van der Waals surface area contributed by atoms with Crippen LogP contribution in [0.25, 0.3) is 0 Å². The quantitative estimate of drug-likeness (QED) is 0.821. The lowest BCUT2D eigenvalue weighted by Gasteiger charge is -2.08. The van der Waals surface area contributed by atoms with E-state index in [9.17, 15) is 4.79 Å². The van der Waals surface area contributed by atoms with Gasteiger partial charge in [-0.1, -0.05) is 41.8 Å². The third-order valence-corrected chi connectivity index (χ3v) is 2.86. The van der Waals surface area contributed by atoms with Gasteiger partial charge in [0.25, 0.3) is 0 Å². The molecule has 0 aliphatic rings. The molecule has 3 heteroatoms. The summed E-state index contributed by atoms with van der Waals surface area (Å²) >= 11 is 0. The van der Waals surface area contributed by atoms with Crippen LogP contribution in [-0.4, -0.2) is 6.03 Å². The lowest BCUT2D eigenvalue weighted by atomic mass is 10.1. The summed E-state index contributed by atoms with van der Waals surface area (Å²) in [5.74, 6) is 2.53. The molecule has 0 fully saturated rings. The first-order valence-corrected chi connectivity index (χ1v) is 6.34. The normalized spacial score (nSPS) is 9.60. The monoisotopic (exact) mass is 264 g/mol. The molecule has 0 radical (unpaired) electrons. The Morgan fingerprint density at radius 2 is 1.95 bits per heavy atom. The van der Waals surface area contributed by atoms with E-state index in [-0.39, 0.29) is 6.03 Å². The van der Waals surface area contributed by atoms with Crippen molar-refractivity contribution in [2.24, 2.45) is 0 Å². The van der Waals surface area contributed by atoms with E-state index in [4.69, 9.17) is 6.42 Å². The van der Waals surface area contributed by atoms with Gasteiger partial charge in [-0.3, -0.25) is 0 Å². The minimum atomic E-state index is -0.250. The van der Waals surface area contributed by atoms with Crippen LogP contribution < -0.4 is 10.6 Å². The predicted molar refractivity (Wildman–Crippen MR) is 81.4 cm³/mol. The number of carbonyl (C=O) groups is 1. The smallest absolute Gasteiger partial charge is 0.319 e. The molecule has 0 heterocycles. The average Bonchev–Trinajstić information content (AvgIpc) is 2.47. The number of hydrogen-bond acceptors (Lipinski definition) is 1. The third kappa shape index (κ3) is 3.89. The van der Waals surface area contributed by atoms with E-state index >= 15 is 0 Å². The van der Waals surface area contributed by atoms with Gasteiger partial charge in [0.15, 0.2) is 0 Å². The van der Waals surface area contributed by atoms with Gasteiger partial charge in [0.1, 0.15) is 0 Å². The Bertz CT molecular complexity index is 639. The lowest BCUT2D eigenvalue weighted by Crippen LogP contribution is -2.28. The standard InChI is InChI=1S/C17H16N2O/c1-3-14-5-4-6-16(11-14)19-17(20)18-12-15-9-7-13(2)8-10-15/h1,4-11H,12H2,2H3,(H2,18,19,20). The fourth-order valence-electron chi connectivity index (χ4n) is 1.75. The Labute approximate surface area is 119 Å². The van der Waals surface area contributed by atoms with Crippen LogP contribution in [0.2, 0.25) is 0 Å². The van der Waals surface area contributed by atoms with Gasteiger partial charge in [-0.25, -0.2) is 4.79 Å². The fraction of sp³-hybridized carbons (Fsp3) is 0.118. The van der Waals surface area contributed by atoms with E-state index in [0.717, 1.165) is 11.1 Å². The second-order valence-electron chi connectivity index (χ2n) is 4.52. The summed E-state index contributed by atoms with van der Waals surface area (Å²) in [6.07, 6.45) is 5.32. The molecule has 20 heavy (non-hydrogen) atoms. The molecule has 2 aromatic carbocycles. The first-order chi connectivity index (χ1) is 9.67. The molecule has 2 rings (SSSR count). The molecular weight excluding hydrogens is 248 g/mol. The fourth-order valence-corrected chi connectivity index (χ4v) is 1.75. The molecule has 2 N–H and O–H groups in total. The van der Waals surface area contributed by atoms with Gasteiger partial charge in [-0.2, -0.15) is 0 Å². The molecule has 0 saturated carbocycles. The highest BCUT2D eigenvalue weighted by molar-refractivity contribution is 5.89. The second-order valence-corrected chi connectivity index (χ2v) is 4.52. The largest absolute Gasteiger partial charge is 0.334 e. The summed E-state index contributed by atoms with van der Waals surface area (Å²) in [4.78, 5) is 11.8. The molecule has 0 atom stereocenters. The van der Waals surface area contributed by atoms with Crippen molar-refractivity contribution in [3.8, 4) is 12.3 Å². The molecule has 0 aliphatic carbocycles. The van der Waals surface area contributed by atoms with Crippen LogP contribution in [0, 0.1) is 19.3 Å². The van der Waals surface area contributed by atoms with Gasteiger partial charge in [0.2, 0.25) is 0 Å². The summed E-state index contributed by atoms with van der Waals surface area (Å²) in [6, 6.07) is 15.0. The maximum Gasteiger partial charge on any atom is 0.319 e. The maximum atomic E-state index is 11.8. The highest BCUT2D eigenvalue weighted by Crippen LogP contribution is 2.09. The van der Waals surface area contributed by atoms with Crippen molar-refractivity contribution in [2.45, 2.75) is 13.5 Å². The van der Waals surface area contributed by atoms with Crippen molar-refractivity contribution >= 4 is 11.7 Å². The summed E-state index contributed by atoms with van der Waals surface area (Å²) in [7, 11) is 0. The van der Waals surface area contributed by atoms with E-state index in [1.165, 1.54) is 5.56 Å². The number of benzene rings is 2. The zero-order valence-electron chi connectivity index (χ0n) is 11.3. The summed E-state index contributed by atoms with van der Waals surface area (Å²) < 4.78 is 0. The number of rotatable bonds is 3. The summed E-state index contributed by atoms with van der Waals surface area (Å²) in [6.45, 7) is 2.52. The first kappa shape index (κ1) is 13.7. The number of aryl methyl sites for hydroxylation is 1. The number of amides is 2. The zero-order valence-corrected chi connectivity index (χ0v) is 11.3. The third-order valence-electron chi connectivity index (χ3n) is 2.86. The Morgan fingerprint density at radius 3 is 2.65 bits per heavy atom. The molecule has 0 unspecified atom stereocenters. The van der Waals surface area contributed by atoms with Gasteiger partial charge in [0, 0.05) is 17.8 Å². The van der Waals surface area contributed by atoms with E-state index < -0.39 is 0 Å². The molecule has 0 spiro atoms. The van der Waals surface area contributed by atoms with Crippen molar-refractivity contribution in [1.29, 1.82) is 0 Å². The van der Waals surface area contributed by atoms with E-state index in [2.05, 4.69) is 16.6 Å². The van der Waals surface area contributed by atoms with Crippen molar-refractivity contribution < 1.29 is 4.79 Å². The highest BCUT2D eigenvalue weighted by atomic mass is 16.2. The Kier molecular flexibility index (Phi) is 4.41. The van der Waals surface area contributed by atoms with Crippen molar-refractivity contribution in [1.82, 2.24) is 5.32 Å². The topological polar surface area (TPSA) is 41.1 Å². The van der Waals surface area contributed by atoms with Gasteiger partial charge in [0.05, 0.1) is 0 Å². The number of carbonyl (C=O) groups excluding carboxylic acids is 1. The highest BCUT2D eigenvalue weighted by Gasteiger charge is 2.02. The molecule has 0 aliphatic heterocycles. The van der Waals surface area contributed by atoms with Crippen LogP contribution in [-0.2, 0) is 6.54 Å². The maximum absolute atomic E-state index is 11.8. The summed E-state index contributed by atoms with van der Waals surface area (Å²) in [5, 5.41) is 5.56. The molecule has 2 amide bonds. The van der Waals surface area contributed by atoms with Gasteiger partial charge >= 0.3 is 6.03 Å². The van der Waals surface area contributed by atoms with Crippen LogP contribution in [0.3, 0.4) is 0 Å². The number of urea groups is 1. The SMILES string of the molecule is C#Cc1cccc(NC(=O)NCc2ccc(C)cc2)c1. The Balaban J connectivity index is 1.89. The predicted octanol–water partition coefficient (Wildman–Crippen LogP) is 3.30. The lowest BCUT2D eigenvalue weighted by molar-refractivity contribution is 0.251. The molecule has 3 nitrogen and oxygen atoms in total. The van der Waals surface area contributed by atoms with E-state index in [1.807, 2.05) is 43.3 Å². The number of anilines is 1. The Hall–Kier alpha value is -2.73.